The van der Waals surface area contributed by atoms with Crippen molar-refractivity contribution in [3.8, 4) is 0 Å². The van der Waals surface area contributed by atoms with Gasteiger partial charge in [0.25, 0.3) is 0 Å². The number of carbonyl (C=O) groups is 1. The molecule has 0 aliphatic rings. The molecule has 2 rings (SSSR count). The fraction of sp³-hybridized carbons (Fsp3) is 0.316. The summed E-state index contributed by atoms with van der Waals surface area (Å²) in [7, 11) is 2.12. The van der Waals surface area contributed by atoms with Crippen molar-refractivity contribution in [1.29, 1.82) is 0 Å². The molecule has 2 aromatic rings. The van der Waals surface area contributed by atoms with Gasteiger partial charge in [0.1, 0.15) is 0 Å². The van der Waals surface area contributed by atoms with Crippen LogP contribution < -0.4 is 5.32 Å². The third-order valence-corrected chi connectivity index (χ3v) is 3.84. The molecule has 0 fully saturated rings. The van der Waals surface area contributed by atoms with Gasteiger partial charge in [-0.3, -0.25) is 0 Å². The molecule has 0 atom stereocenters. The van der Waals surface area contributed by atoms with Gasteiger partial charge in [-0.15, -0.1) is 0 Å². The standard InChI is InChI=1S/C19H24N2O2/c1-3-21(2)14-17-6-4-5-16(11-17)13-20-12-15-7-9-18(10-8-15)19(22)23/h4-11,20H,3,12-14H2,1-2H3,(H,22,23). The minimum absolute atomic E-state index is 0.321. The number of rotatable bonds is 8. The van der Waals surface area contributed by atoms with Gasteiger partial charge < -0.3 is 15.3 Å². The van der Waals surface area contributed by atoms with Crippen LogP contribution in [0.1, 0.15) is 34.0 Å². The van der Waals surface area contributed by atoms with E-state index >= 15 is 0 Å². The van der Waals surface area contributed by atoms with Crippen molar-refractivity contribution in [2.24, 2.45) is 0 Å². The summed E-state index contributed by atoms with van der Waals surface area (Å²) in [6, 6.07) is 15.6. The molecule has 2 aromatic carbocycles. The zero-order valence-electron chi connectivity index (χ0n) is 13.7. The minimum Gasteiger partial charge on any atom is -0.478 e. The van der Waals surface area contributed by atoms with E-state index in [9.17, 15) is 4.79 Å². The number of nitrogens with zero attached hydrogens (tertiary/aromatic N) is 1. The fourth-order valence-corrected chi connectivity index (χ4v) is 2.38. The van der Waals surface area contributed by atoms with Crippen LogP contribution in [0, 0.1) is 0 Å². The van der Waals surface area contributed by atoms with Crippen LogP contribution >= 0.6 is 0 Å². The van der Waals surface area contributed by atoms with E-state index in [0.717, 1.165) is 31.7 Å². The van der Waals surface area contributed by atoms with Crippen molar-refractivity contribution in [3.63, 3.8) is 0 Å². The van der Waals surface area contributed by atoms with E-state index in [2.05, 4.69) is 48.5 Å². The lowest BCUT2D eigenvalue weighted by molar-refractivity contribution is 0.0697. The minimum atomic E-state index is -0.890. The van der Waals surface area contributed by atoms with Crippen LogP contribution in [0.2, 0.25) is 0 Å². The van der Waals surface area contributed by atoms with Crippen molar-refractivity contribution in [2.75, 3.05) is 13.6 Å². The third kappa shape index (κ3) is 5.51. The average molecular weight is 312 g/mol. The number of carboxylic acid groups (broad SMARTS) is 1. The molecule has 0 heterocycles. The van der Waals surface area contributed by atoms with Gasteiger partial charge in [0.15, 0.2) is 0 Å². The zero-order valence-corrected chi connectivity index (χ0v) is 13.7. The van der Waals surface area contributed by atoms with Gasteiger partial charge in [0, 0.05) is 19.6 Å². The second kappa shape index (κ2) is 8.46. The van der Waals surface area contributed by atoms with Gasteiger partial charge in [-0.25, -0.2) is 4.79 Å². The van der Waals surface area contributed by atoms with E-state index in [0.29, 0.717) is 5.56 Å². The molecule has 0 unspecified atom stereocenters. The highest BCUT2D eigenvalue weighted by molar-refractivity contribution is 5.87. The number of carboxylic acids is 1. The normalized spacial score (nSPS) is 10.9. The lowest BCUT2D eigenvalue weighted by atomic mass is 10.1. The molecule has 2 N–H and O–H groups in total. The van der Waals surface area contributed by atoms with Gasteiger partial charge in [-0.05, 0) is 42.4 Å². The first-order valence-electron chi connectivity index (χ1n) is 7.88. The maximum absolute atomic E-state index is 10.8. The van der Waals surface area contributed by atoms with Gasteiger partial charge in [0.05, 0.1) is 5.56 Å². The van der Waals surface area contributed by atoms with E-state index in [-0.39, 0.29) is 0 Å². The monoisotopic (exact) mass is 312 g/mol. The molecule has 0 bridgehead atoms. The summed E-state index contributed by atoms with van der Waals surface area (Å²) in [5.41, 5.74) is 3.98. The largest absolute Gasteiger partial charge is 0.478 e. The molecule has 4 heteroatoms. The van der Waals surface area contributed by atoms with Crippen LogP contribution in [0.15, 0.2) is 48.5 Å². The van der Waals surface area contributed by atoms with Crippen LogP contribution in [0.25, 0.3) is 0 Å². The van der Waals surface area contributed by atoms with E-state index in [1.165, 1.54) is 11.1 Å². The van der Waals surface area contributed by atoms with Crippen molar-refractivity contribution >= 4 is 5.97 Å². The molecule has 0 spiro atoms. The Morgan fingerprint density at radius 2 is 1.70 bits per heavy atom. The SMILES string of the molecule is CCN(C)Cc1cccc(CNCc2ccc(C(=O)O)cc2)c1. The smallest absolute Gasteiger partial charge is 0.335 e. The van der Waals surface area contributed by atoms with Gasteiger partial charge in [-0.1, -0.05) is 43.3 Å². The van der Waals surface area contributed by atoms with Crippen LogP contribution in [0.5, 0.6) is 0 Å². The van der Waals surface area contributed by atoms with Crippen molar-refractivity contribution in [1.82, 2.24) is 10.2 Å². The van der Waals surface area contributed by atoms with E-state index in [4.69, 9.17) is 5.11 Å². The van der Waals surface area contributed by atoms with Gasteiger partial charge in [0.2, 0.25) is 0 Å². The quantitative estimate of drug-likeness (QED) is 0.786. The summed E-state index contributed by atoms with van der Waals surface area (Å²) in [5.74, 6) is -0.890. The predicted octanol–water partition coefficient (Wildman–Crippen LogP) is 3.13. The lowest BCUT2D eigenvalue weighted by Gasteiger charge is -2.14. The predicted molar refractivity (Wildman–Crippen MR) is 92.4 cm³/mol. The molecule has 122 valence electrons. The molecule has 0 amide bonds. The Bertz CT molecular complexity index is 638. The number of nitrogens with one attached hydrogen (secondary N) is 1. The first-order valence-corrected chi connectivity index (χ1v) is 7.88. The van der Waals surface area contributed by atoms with Crippen molar-refractivity contribution in [2.45, 2.75) is 26.6 Å². The third-order valence-electron chi connectivity index (χ3n) is 3.84. The molecule has 0 aromatic heterocycles. The Morgan fingerprint density at radius 3 is 2.35 bits per heavy atom. The van der Waals surface area contributed by atoms with Crippen LogP contribution in [0.4, 0.5) is 0 Å². The zero-order chi connectivity index (χ0) is 16.7. The number of aromatic carboxylic acids is 1. The van der Waals surface area contributed by atoms with Crippen molar-refractivity contribution < 1.29 is 9.90 Å². The highest BCUT2D eigenvalue weighted by Crippen LogP contribution is 2.09. The van der Waals surface area contributed by atoms with Crippen LogP contribution in [0.3, 0.4) is 0 Å². The Morgan fingerprint density at radius 1 is 1.04 bits per heavy atom. The Kier molecular flexibility index (Phi) is 6.32. The fourth-order valence-electron chi connectivity index (χ4n) is 2.38. The molecule has 23 heavy (non-hydrogen) atoms. The van der Waals surface area contributed by atoms with Gasteiger partial charge in [-0.2, -0.15) is 0 Å². The molecular formula is C19H24N2O2. The van der Waals surface area contributed by atoms with E-state index in [1.807, 2.05) is 12.1 Å². The summed E-state index contributed by atoms with van der Waals surface area (Å²) in [6.45, 7) is 5.67. The Hall–Kier alpha value is -2.17. The second-order valence-electron chi connectivity index (χ2n) is 5.76. The van der Waals surface area contributed by atoms with E-state index < -0.39 is 5.97 Å². The highest BCUT2D eigenvalue weighted by atomic mass is 16.4. The Balaban J connectivity index is 1.86. The van der Waals surface area contributed by atoms with Crippen LogP contribution in [-0.2, 0) is 19.6 Å². The van der Waals surface area contributed by atoms with Crippen molar-refractivity contribution in [3.05, 3.63) is 70.8 Å². The van der Waals surface area contributed by atoms with E-state index in [1.54, 1.807) is 12.1 Å². The Labute approximate surface area is 137 Å². The molecular weight excluding hydrogens is 288 g/mol. The molecule has 0 aliphatic heterocycles. The summed E-state index contributed by atoms with van der Waals surface area (Å²) >= 11 is 0. The molecule has 4 nitrogen and oxygen atoms in total. The number of hydrogen-bond donors (Lipinski definition) is 2. The summed E-state index contributed by atoms with van der Waals surface area (Å²) < 4.78 is 0. The first kappa shape index (κ1) is 17.2. The molecule has 0 aliphatic carbocycles. The average Bonchev–Trinajstić information content (AvgIpc) is 2.55. The lowest BCUT2D eigenvalue weighted by Crippen LogP contribution is -2.17. The summed E-state index contributed by atoms with van der Waals surface area (Å²) in [5, 5.41) is 12.3. The highest BCUT2D eigenvalue weighted by Gasteiger charge is 2.02. The summed E-state index contributed by atoms with van der Waals surface area (Å²) in [6.07, 6.45) is 0. The maximum Gasteiger partial charge on any atom is 0.335 e. The van der Waals surface area contributed by atoms with Crippen LogP contribution in [-0.4, -0.2) is 29.6 Å². The first-order chi connectivity index (χ1) is 11.1. The second-order valence-corrected chi connectivity index (χ2v) is 5.76. The number of benzene rings is 2. The van der Waals surface area contributed by atoms with Gasteiger partial charge >= 0.3 is 5.97 Å². The summed E-state index contributed by atoms with van der Waals surface area (Å²) in [4.78, 5) is 13.1. The maximum atomic E-state index is 10.8. The molecule has 0 saturated carbocycles. The molecule has 0 saturated heterocycles. The topological polar surface area (TPSA) is 52.6 Å². The molecule has 0 radical (unpaired) electrons. The number of hydrogen-bond acceptors (Lipinski definition) is 3.